The second kappa shape index (κ2) is 6.08. The Hall–Kier alpha value is -0.780. The van der Waals surface area contributed by atoms with Crippen LogP contribution in [0.25, 0.3) is 0 Å². The summed E-state index contributed by atoms with van der Waals surface area (Å²) in [6.45, 7) is 2.75. The predicted octanol–water partition coefficient (Wildman–Crippen LogP) is 0.126. The first-order valence-corrected chi connectivity index (χ1v) is 7.60. The maximum atomic E-state index is 11.2. The Bertz CT molecular complexity index is 334. The van der Waals surface area contributed by atoms with Gasteiger partial charge in [0.1, 0.15) is 0 Å². The van der Waals surface area contributed by atoms with Crippen molar-refractivity contribution < 1.29 is 8.42 Å². The van der Waals surface area contributed by atoms with Crippen molar-refractivity contribution in [2.45, 2.75) is 26.2 Å². The number of nitrogens with one attached hydrogen (secondary N) is 1. The molecular weight excluding hydrogens is 226 g/mol. The number of rotatable bonds is 6. The molecule has 0 radical (unpaired) electrons. The average Bonchev–Trinajstić information content (AvgIpc) is 2.15. The summed E-state index contributed by atoms with van der Waals surface area (Å²) in [5, 5.41) is 2.83. The third-order valence-corrected chi connectivity index (χ3v) is 4.61. The van der Waals surface area contributed by atoms with E-state index in [1.165, 1.54) is 19.3 Å². The van der Waals surface area contributed by atoms with Gasteiger partial charge in [-0.05, 0) is 18.8 Å². The van der Waals surface area contributed by atoms with Gasteiger partial charge in [-0.1, -0.05) is 13.3 Å². The molecule has 0 saturated heterocycles. The van der Waals surface area contributed by atoms with E-state index in [4.69, 9.17) is 5.73 Å². The molecule has 1 saturated carbocycles. The van der Waals surface area contributed by atoms with Crippen molar-refractivity contribution in [1.82, 2.24) is 5.32 Å². The van der Waals surface area contributed by atoms with Gasteiger partial charge in [0.15, 0.2) is 15.8 Å². The van der Waals surface area contributed by atoms with Crippen molar-refractivity contribution in [2.75, 3.05) is 24.6 Å². The van der Waals surface area contributed by atoms with Crippen LogP contribution < -0.4 is 11.1 Å². The molecule has 0 aromatic heterocycles. The van der Waals surface area contributed by atoms with Gasteiger partial charge in [0.05, 0.1) is 5.75 Å². The lowest BCUT2D eigenvalue weighted by atomic mass is 9.86. The largest absolute Gasteiger partial charge is 0.370 e. The molecular formula is C10H21N3O2S. The smallest absolute Gasteiger partial charge is 0.188 e. The molecule has 0 heterocycles. The molecule has 6 heteroatoms. The van der Waals surface area contributed by atoms with E-state index in [1.54, 1.807) is 6.92 Å². The van der Waals surface area contributed by atoms with Crippen molar-refractivity contribution in [2.24, 2.45) is 16.6 Å². The maximum Gasteiger partial charge on any atom is 0.188 e. The summed E-state index contributed by atoms with van der Waals surface area (Å²) in [5.41, 5.74) is 5.62. The number of sulfone groups is 1. The Balaban J connectivity index is 2.16. The summed E-state index contributed by atoms with van der Waals surface area (Å²) in [6.07, 6.45) is 3.77. The van der Waals surface area contributed by atoms with Gasteiger partial charge >= 0.3 is 0 Å². The zero-order valence-corrected chi connectivity index (χ0v) is 10.6. The summed E-state index contributed by atoms with van der Waals surface area (Å²) < 4.78 is 22.4. The Kier molecular flexibility index (Phi) is 5.05. The minimum atomic E-state index is -2.91. The molecule has 0 unspecified atom stereocenters. The quantitative estimate of drug-likeness (QED) is 0.516. The lowest BCUT2D eigenvalue weighted by Crippen LogP contribution is -2.36. The van der Waals surface area contributed by atoms with E-state index in [2.05, 4.69) is 10.3 Å². The molecule has 16 heavy (non-hydrogen) atoms. The molecule has 1 aliphatic rings. The summed E-state index contributed by atoms with van der Waals surface area (Å²) in [6, 6.07) is 0. The number of guanidine groups is 1. The van der Waals surface area contributed by atoms with Crippen LogP contribution >= 0.6 is 0 Å². The molecule has 0 spiro atoms. The SMILES string of the molecule is CCS(=O)(=O)CCNC(N)=NCC1CCC1. The minimum absolute atomic E-state index is 0.114. The minimum Gasteiger partial charge on any atom is -0.370 e. The highest BCUT2D eigenvalue weighted by Crippen LogP contribution is 2.26. The Morgan fingerprint density at radius 2 is 2.19 bits per heavy atom. The van der Waals surface area contributed by atoms with Gasteiger partial charge in [0.25, 0.3) is 0 Å². The molecule has 0 amide bonds. The molecule has 94 valence electrons. The van der Waals surface area contributed by atoms with Gasteiger partial charge in [0, 0.05) is 18.8 Å². The number of aliphatic imine (C=N–C) groups is 1. The first-order valence-electron chi connectivity index (χ1n) is 5.77. The summed E-state index contributed by atoms with van der Waals surface area (Å²) >= 11 is 0. The lowest BCUT2D eigenvalue weighted by Gasteiger charge is -2.23. The van der Waals surface area contributed by atoms with E-state index in [9.17, 15) is 8.42 Å². The van der Waals surface area contributed by atoms with Crippen LogP contribution in [0, 0.1) is 5.92 Å². The fraction of sp³-hybridized carbons (Fsp3) is 0.900. The van der Waals surface area contributed by atoms with Crippen LogP contribution in [0.3, 0.4) is 0 Å². The number of hydrogen-bond donors (Lipinski definition) is 2. The monoisotopic (exact) mass is 247 g/mol. The van der Waals surface area contributed by atoms with Crippen LogP contribution in [0.4, 0.5) is 0 Å². The summed E-state index contributed by atoms with van der Waals surface area (Å²) in [7, 11) is -2.91. The van der Waals surface area contributed by atoms with E-state index in [0.29, 0.717) is 18.4 Å². The van der Waals surface area contributed by atoms with E-state index in [-0.39, 0.29) is 11.5 Å². The number of nitrogens with two attached hydrogens (primary N) is 1. The van der Waals surface area contributed by atoms with Crippen molar-refractivity contribution >= 4 is 15.8 Å². The van der Waals surface area contributed by atoms with E-state index < -0.39 is 9.84 Å². The molecule has 1 rings (SSSR count). The fourth-order valence-corrected chi connectivity index (χ4v) is 2.14. The first kappa shape index (κ1) is 13.3. The molecule has 0 bridgehead atoms. The average molecular weight is 247 g/mol. The molecule has 5 nitrogen and oxygen atoms in total. The third kappa shape index (κ3) is 4.83. The molecule has 0 aromatic rings. The molecule has 0 aromatic carbocycles. The Morgan fingerprint density at radius 1 is 1.50 bits per heavy atom. The number of nitrogens with zero attached hydrogens (tertiary/aromatic N) is 1. The number of hydrogen-bond acceptors (Lipinski definition) is 3. The molecule has 0 aliphatic heterocycles. The lowest BCUT2D eigenvalue weighted by molar-refractivity contribution is 0.326. The molecule has 1 fully saturated rings. The highest BCUT2D eigenvalue weighted by atomic mass is 32.2. The Morgan fingerprint density at radius 3 is 2.69 bits per heavy atom. The van der Waals surface area contributed by atoms with Gasteiger partial charge in [-0.15, -0.1) is 0 Å². The highest BCUT2D eigenvalue weighted by molar-refractivity contribution is 7.91. The fourth-order valence-electron chi connectivity index (χ4n) is 1.44. The van der Waals surface area contributed by atoms with Crippen LogP contribution in [-0.2, 0) is 9.84 Å². The van der Waals surface area contributed by atoms with Crippen LogP contribution in [0.1, 0.15) is 26.2 Å². The normalized spacial score (nSPS) is 18.2. The zero-order valence-electron chi connectivity index (χ0n) is 9.78. The highest BCUT2D eigenvalue weighted by Gasteiger charge is 2.16. The van der Waals surface area contributed by atoms with Crippen LogP contribution in [0.2, 0.25) is 0 Å². The Labute approximate surface area is 97.4 Å². The molecule has 0 atom stereocenters. The van der Waals surface area contributed by atoms with Gasteiger partial charge in [0.2, 0.25) is 0 Å². The van der Waals surface area contributed by atoms with Crippen LogP contribution in [-0.4, -0.2) is 39.0 Å². The second-order valence-corrected chi connectivity index (χ2v) is 6.66. The van der Waals surface area contributed by atoms with Gasteiger partial charge in [-0.2, -0.15) is 0 Å². The van der Waals surface area contributed by atoms with Crippen molar-refractivity contribution in [3.05, 3.63) is 0 Å². The third-order valence-electron chi connectivity index (χ3n) is 2.90. The van der Waals surface area contributed by atoms with E-state index >= 15 is 0 Å². The summed E-state index contributed by atoms with van der Waals surface area (Å²) in [4.78, 5) is 4.18. The molecule has 1 aliphatic carbocycles. The van der Waals surface area contributed by atoms with Crippen molar-refractivity contribution in [3.63, 3.8) is 0 Å². The van der Waals surface area contributed by atoms with E-state index in [0.717, 1.165) is 6.54 Å². The van der Waals surface area contributed by atoms with Gasteiger partial charge in [-0.3, -0.25) is 4.99 Å². The van der Waals surface area contributed by atoms with Crippen molar-refractivity contribution in [1.29, 1.82) is 0 Å². The standard InChI is InChI=1S/C10H21N3O2S/c1-2-16(14,15)7-6-12-10(11)13-8-9-4-3-5-9/h9H,2-8H2,1H3,(H3,11,12,13). The zero-order chi connectivity index (χ0) is 12.0. The van der Waals surface area contributed by atoms with Gasteiger partial charge in [-0.25, -0.2) is 8.42 Å². The topological polar surface area (TPSA) is 84.5 Å². The van der Waals surface area contributed by atoms with Crippen molar-refractivity contribution in [3.8, 4) is 0 Å². The second-order valence-electron chi connectivity index (χ2n) is 4.19. The van der Waals surface area contributed by atoms with E-state index in [1.807, 2.05) is 0 Å². The predicted molar refractivity (Wildman–Crippen MR) is 66.2 cm³/mol. The van der Waals surface area contributed by atoms with Crippen LogP contribution in [0.15, 0.2) is 4.99 Å². The molecule has 3 N–H and O–H groups in total. The van der Waals surface area contributed by atoms with Gasteiger partial charge < -0.3 is 11.1 Å². The summed E-state index contributed by atoms with van der Waals surface area (Å²) in [5.74, 6) is 1.33. The van der Waals surface area contributed by atoms with Crippen LogP contribution in [0.5, 0.6) is 0 Å². The maximum absolute atomic E-state index is 11.2. The first-order chi connectivity index (χ1) is 7.53.